The van der Waals surface area contributed by atoms with Gasteiger partial charge < -0.3 is 10.2 Å². The number of nitrogens with zero attached hydrogens (tertiary/aromatic N) is 1. The summed E-state index contributed by atoms with van der Waals surface area (Å²) in [6, 6.07) is 9.82. The number of aryl methyl sites for hydroxylation is 1. The van der Waals surface area contributed by atoms with Crippen LogP contribution in [0.25, 0.3) is 0 Å². The molecule has 0 saturated heterocycles. The van der Waals surface area contributed by atoms with Crippen molar-refractivity contribution in [2.45, 2.75) is 6.92 Å². The number of hydrogen-bond donors (Lipinski definition) is 2. The van der Waals surface area contributed by atoms with Gasteiger partial charge in [-0.05, 0) is 40.5 Å². The van der Waals surface area contributed by atoms with Crippen LogP contribution in [0.5, 0.6) is 11.5 Å². The first-order valence-corrected chi connectivity index (χ1v) is 6.49. The smallest absolute Gasteiger partial charge is 0.275 e. The summed E-state index contributed by atoms with van der Waals surface area (Å²) in [5, 5.41) is 10.9. The van der Waals surface area contributed by atoms with Gasteiger partial charge in [-0.2, -0.15) is 0 Å². The Labute approximate surface area is 123 Å². The van der Waals surface area contributed by atoms with Crippen LogP contribution in [-0.4, -0.2) is 4.92 Å². The number of nitro benzene ring substituents is 1. The van der Waals surface area contributed by atoms with Crippen LogP contribution in [0.15, 0.2) is 40.9 Å². The van der Waals surface area contributed by atoms with Crippen molar-refractivity contribution in [3.8, 4) is 11.5 Å². The van der Waals surface area contributed by atoms with Crippen LogP contribution in [0.2, 0.25) is 0 Å². The lowest BCUT2D eigenvalue weighted by molar-refractivity contribution is -0.384. The van der Waals surface area contributed by atoms with E-state index in [0.29, 0.717) is 17.2 Å². The van der Waals surface area contributed by atoms with Crippen molar-refractivity contribution in [3.05, 3.63) is 56.5 Å². The lowest BCUT2D eigenvalue weighted by atomic mass is 10.2. The fraction of sp³-hybridized carbons (Fsp3) is 0.0769. The fourth-order valence-corrected chi connectivity index (χ4v) is 2.22. The second-order valence-corrected chi connectivity index (χ2v) is 5.01. The fourth-order valence-electron chi connectivity index (χ4n) is 1.65. The van der Waals surface area contributed by atoms with Crippen LogP contribution >= 0.6 is 15.9 Å². The number of non-ortho nitro benzene ring substituents is 1. The summed E-state index contributed by atoms with van der Waals surface area (Å²) in [7, 11) is 0. The second kappa shape index (κ2) is 5.89. The molecule has 0 bridgehead atoms. The molecule has 104 valence electrons. The molecule has 0 aliphatic heterocycles. The van der Waals surface area contributed by atoms with Gasteiger partial charge in [0, 0.05) is 12.1 Å². The Balaban J connectivity index is 2.37. The quantitative estimate of drug-likeness (QED) is 0.503. The van der Waals surface area contributed by atoms with Crippen molar-refractivity contribution in [2.24, 2.45) is 5.84 Å². The first-order chi connectivity index (χ1) is 9.49. The van der Waals surface area contributed by atoms with Crippen LogP contribution in [0.3, 0.4) is 0 Å². The van der Waals surface area contributed by atoms with E-state index in [1.54, 1.807) is 12.1 Å². The van der Waals surface area contributed by atoms with E-state index in [0.717, 1.165) is 10.0 Å². The molecule has 0 aromatic heterocycles. The zero-order valence-corrected chi connectivity index (χ0v) is 12.2. The highest BCUT2D eigenvalue weighted by Crippen LogP contribution is 2.33. The molecule has 2 aromatic carbocycles. The molecule has 0 amide bonds. The minimum absolute atomic E-state index is 0.0984. The number of hydrogen-bond acceptors (Lipinski definition) is 5. The van der Waals surface area contributed by atoms with Gasteiger partial charge in [-0.3, -0.25) is 16.0 Å². The molecule has 0 fully saturated rings. The van der Waals surface area contributed by atoms with Gasteiger partial charge in [0.05, 0.1) is 21.1 Å². The Hall–Kier alpha value is -2.12. The molecule has 2 rings (SSSR count). The van der Waals surface area contributed by atoms with Gasteiger partial charge in [-0.1, -0.05) is 6.07 Å². The van der Waals surface area contributed by atoms with E-state index < -0.39 is 4.92 Å². The van der Waals surface area contributed by atoms with Crippen LogP contribution in [0, 0.1) is 17.0 Å². The van der Waals surface area contributed by atoms with E-state index in [4.69, 9.17) is 10.6 Å². The topological polar surface area (TPSA) is 90.4 Å². The van der Waals surface area contributed by atoms with E-state index in [9.17, 15) is 10.1 Å². The van der Waals surface area contributed by atoms with Crippen molar-refractivity contribution in [3.63, 3.8) is 0 Å². The summed E-state index contributed by atoms with van der Waals surface area (Å²) in [6.07, 6.45) is 0. The van der Waals surface area contributed by atoms with Crippen molar-refractivity contribution in [2.75, 3.05) is 5.43 Å². The van der Waals surface area contributed by atoms with Crippen LogP contribution in [-0.2, 0) is 0 Å². The van der Waals surface area contributed by atoms with Gasteiger partial charge in [0.15, 0.2) is 0 Å². The van der Waals surface area contributed by atoms with Gasteiger partial charge in [-0.25, -0.2) is 0 Å². The van der Waals surface area contributed by atoms with E-state index in [1.165, 1.54) is 12.1 Å². The third-order valence-corrected chi connectivity index (χ3v) is 3.20. The summed E-state index contributed by atoms with van der Waals surface area (Å²) in [4.78, 5) is 10.4. The number of nitro groups is 1. The second-order valence-electron chi connectivity index (χ2n) is 4.15. The molecule has 0 radical (unpaired) electrons. The minimum atomic E-state index is -0.502. The molecule has 0 spiro atoms. The van der Waals surface area contributed by atoms with Gasteiger partial charge in [0.2, 0.25) is 0 Å². The summed E-state index contributed by atoms with van der Waals surface area (Å²) >= 11 is 3.39. The maximum atomic E-state index is 10.9. The average molecular weight is 338 g/mol. The largest absolute Gasteiger partial charge is 0.456 e. The Bertz CT molecular complexity index is 661. The molecule has 20 heavy (non-hydrogen) atoms. The summed E-state index contributed by atoms with van der Waals surface area (Å²) in [5.74, 6) is 6.19. The van der Waals surface area contributed by atoms with Crippen LogP contribution in [0.1, 0.15) is 5.56 Å². The highest BCUT2D eigenvalue weighted by Gasteiger charge is 2.12. The molecule has 3 N–H and O–H groups in total. The highest BCUT2D eigenvalue weighted by molar-refractivity contribution is 9.10. The molecule has 2 aromatic rings. The van der Waals surface area contributed by atoms with Crippen LogP contribution in [0.4, 0.5) is 11.4 Å². The Kier molecular flexibility index (Phi) is 4.21. The average Bonchev–Trinajstić information content (AvgIpc) is 2.41. The Morgan fingerprint density at radius 3 is 2.65 bits per heavy atom. The molecule has 6 nitrogen and oxygen atoms in total. The number of nitrogen functional groups attached to an aromatic ring is 1. The van der Waals surface area contributed by atoms with E-state index >= 15 is 0 Å². The number of nitrogens with two attached hydrogens (primary N) is 1. The normalized spacial score (nSPS) is 10.2. The number of hydrazine groups is 1. The van der Waals surface area contributed by atoms with E-state index in [-0.39, 0.29) is 5.69 Å². The zero-order chi connectivity index (χ0) is 14.7. The van der Waals surface area contributed by atoms with Crippen molar-refractivity contribution < 1.29 is 9.66 Å². The van der Waals surface area contributed by atoms with Crippen molar-refractivity contribution >= 4 is 27.3 Å². The Morgan fingerprint density at radius 2 is 2.05 bits per heavy atom. The zero-order valence-electron chi connectivity index (χ0n) is 10.6. The van der Waals surface area contributed by atoms with Gasteiger partial charge in [0.1, 0.15) is 11.5 Å². The molecular formula is C13H12BrN3O3. The number of ether oxygens (including phenoxy) is 1. The lowest BCUT2D eigenvalue weighted by Gasteiger charge is -2.10. The highest BCUT2D eigenvalue weighted by atomic mass is 79.9. The predicted octanol–water partition coefficient (Wildman–Crippen LogP) is 3.74. The molecule has 0 heterocycles. The van der Waals surface area contributed by atoms with Crippen molar-refractivity contribution in [1.29, 1.82) is 0 Å². The summed E-state index contributed by atoms with van der Waals surface area (Å²) < 4.78 is 6.42. The molecule has 0 atom stereocenters. The number of nitrogens with one attached hydrogen (secondary N) is 1. The number of halogens is 1. The SMILES string of the molecule is Cc1ccc(Oc2cc(NN)cc([N+](=O)[O-])c2)c(Br)c1. The Morgan fingerprint density at radius 1 is 1.30 bits per heavy atom. The lowest BCUT2D eigenvalue weighted by Crippen LogP contribution is -2.07. The first-order valence-electron chi connectivity index (χ1n) is 5.69. The predicted molar refractivity (Wildman–Crippen MR) is 79.9 cm³/mol. The van der Waals surface area contributed by atoms with Crippen LogP contribution < -0.4 is 16.0 Å². The standard InChI is InChI=1S/C13H12BrN3O3/c1-8-2-3-13(12(14)4-8)20-11-6-9(16-15)5-10(7-11)17(18)19/h2-7,16H,15H2,1H3. The maximum Gasteiger partial charge on any atom is 0.275 e. The molecular weight excluding hydrogens is 326 g/mol. The molecule has 0 aliphatic rings. The van der Waals surface area contributed by atoms with Gasteiger partial charge in [0.25, 0.3) is 5.69 Å². The molecule has 7 heteroatoms. The monoisotopic (exact) mass is 337 g/mol. The van der Waals surface area contributed by atoms with Gasteiger partial charge >= 0.3 is 0 Å². The minimum Gasteiger partial charge on any atom is -0.456 e. The van der Waals surface area contributed by atoms with E-state index in [1.807, 2.05) is 19.1 Å². The number of benzene rings is 2. The first kappa shape index (κ1) is 14.3. The summed E-state index contributed by atoms with van der Waals surface area (Å²) in [5.41, 5.74) is 3.75. The molecule has 0 aliphatic carbocycles. The molecule has 0 unspecified atom stereocenters. The maximum absolute atomic E-state index is 10.9. The number of anilines is 1. The third kappa shape index (κ3) is 3.25. The number of rotatable bonds is 4. The third-order valence-electron chi connectivity index (χ3n) is 2.58. The van der Waals surface area contributed by atoms with Crippen molar-refractivity contribution in [1.82, 2.24) is 0 Å². The van der Waals surface area contributed by atoms with Gasteiger partial charge in [-0.15, -0.1) is 0 Å². The summed E-state index contributed by atoms with van der Waals surface area (Å²) in [6.45, 7) is 1.96. The molecule has 0 saturated carbocycles. The van der Waals surface area contributed by atoms with E-state index in [2.05, 4.69) is 21.4 Å².